The quantitative estimate of drug-likeness (QED) is 0.852. The van der Waals surface area contributed by atoms with E-state index in [4.69, 9.17) is 9.84 Å². The first-order chi connectivity index (χ1) is 13.2. The Bertz CT molecular complexity index is 778. The molecule has 0 bridgehead atoms. The zero-order valence-corrected chi connectivity index (χ0v) is 16.3. The lowest BCUT2D eigenvalue weighted by Crippen LogP contribution is -2.29. The predicted molar refractivity (Wildman–Crippen MR) is 108 cm³/mol. The van der Waals surface area contributed by atoms with Crippen LogP contribution in [0.2, 0.25) is 0 Å². The van der Waals surface area contributed by atoms with Gasteiger partial charge in [0.2, 0.25) is 0 Å². The van der Waals surface area contributed by atoms with E-state index < -0.39 is 0 Å². The Labute approximate surface area is 162 Å². The number of nitrogens with zero attached hydrogens (tertiary/aromatic N) is 2. The maximum absolute atomic E-state index is 9.06. The summed E-state index contributed by atoms with van der Waals surface area (Å²) < 4.78 is 5.73. The van der Waals surface area contributed by atoms with Crippen LogP contribution in [0.3, 0.4) is 0 Å². The molecule has 0 aliphatic carbocycles. The van der Waals surface area contributed by atoms with E-state index >= 15 is 0 Å². The number of hydrogen-bond acceptors (Lipinski definition) is 4. The number of benzene rings is 2. The Morgan fingerprint density at radius 2 is 1.81 bits per heavy atom. The second-order valence-electron chi connectivity index (χ2n) is 8.04. The number of likely N-dealkylation sites (tertiary alicyclic amines) is 2. The SMILES string of the molecule is Cc1ccccc1[C@H]1[C@@H]2CN(Cc3ccccc3OCCO)C[C@@H]2CN1C. The van der Waals surface area contributed by atoms with Crippen LogP contribution in [0.1, 0.15) is 22.7 Å². The molecule has 144 valence electrons. The Morgan fingerprint density at radius 3 is 2.63 bits per heavy atom. The third-order valence-electron chi connectivity index (χ3n) is 6.19. The maximum atomic E-state index is 9.06. The van der Waals surface area contributed by atoms with E-state index in [0.717, 1.165) is 31.3 Å². The molecule has 0 saturated carbocycles. The van der Waals surface area contributed by atoms with Gasteiger partial charge in [-0.15, -0.1) is 0 Å². The number of fused-ring (bicyclic) bond motifs is 1. The highest BCUT2D eigenvalue weighted by Gasteiger charge is 2.46. The van der Waals surface area contributed by atoms with Crippen LogP contribution in [0.5, 0.6) is 5.75 Å². The normalized spacial score (nSPS) is 25.7. The van der Waals surface area contributed by atoms with Crippen molar-refractivity contribution in [3.63, 3.8) is 0 Å². The fourth-order valence-electron chi connectivity index (χ4n) is 5.04. The van der Waals surface area contributed by atoms with E-state index in [2.05, 4.69) is 60.2 Å². The van der Waals surface area contributed by atoms with E-state index in [1.807, 2.05) is 12.1 Å². The van der Waals surface area contributed by atoms with Crippen LogP contribution in [0.25, 0.3) is 0 Å². The summed E-state index contributed by atoms with van der Waals surface area (Å²) in [5.74, 6) is 2.31. The zero-order chi connectivity index (χ0) is 18.8. The second-order valence-corrected chi connectivity index (χ2v) is 8.04. The summed E-state index contributed by atoms with van der Waals surface area (Å²) in [6.45, 7) is 6.99. The van der Waals surface area contributed by atoms with Gasteiger partial charge in [-0.3, -0.25) is 9.80 Å². The first-order valence-electron chi connectivity index (χ1n) is 9.97. The predicted octanol–water partition coefficient (Wildman–Crippen LogP) is 3.10. The summed E-state index contributed by atoms with van der Waals surface area (Å²) in [7, 11) is 2.28. The minimum atomic E-state index is 0.0483. The smallest absolute Gasteiger partial charge is 0.123 e. The van der Waals surface area contributed by atoms with Crippen molar-refractivity contribution in [3.8, 4) is 5.75 Å². The lowest BCUT2D eigenvalue weighted by molar-refractivity contribution is 0.195. The van der Waals surface area contributed by atoms with Gasteiger partial charge >= 0.3 is 0 Å². The molecule has 0 amide bonds. The van der Waals surface area contributed by atoms with Gasteiger partial charge in [0, 0.05) is 37.8 Å². The average molecular weight is 367 g/mol. The van der Waals surface area contributed by atoms with Gasteiger partial charge in [-0.1, -0.05) is 42.5 Å². The van der Waals surface area contributed by atoms with Crippen LogP contribution in [0, 0.1) is 18.8 Å². The number of aliphatic hydroxyl groups excluding tert-OH is 1. The monoisotopic (exact) mass is 366 g/mol. The van der Waals surface area contributed by atoms with Crippen molar-refractivity contribution in [2.75, 3.05) is 39.9 Å². The van der Waals surface area contributed by atoms with Gasteiger partial charge in [0.1, 0.15) is 12.4 Å². The number of aryl methyl sites for hydroxylation is 1. The van der Waals surface area contributed by atoms with Gasteiger partial charge in [-0.25, -0.2) is 0 Å². The zero-order valence-electron chi connectivity index (χ0n) is 16.3. The topological polar surface area (TPSA) is 35.9 Å². The number of rotatable bonds is 6. The van der Waals surface area contributed by atoms with Crippen LogP contribution in [0.4, 0.5) is 0 Å². The molecule has 4 nitrogen and oxygen atoms in total. The lowest BCUT2D eigenvalue weighted by atomic mass is 9.88. The van der Waals surface area contributed by atoms with E-state index in [1.54, 1.807) is 0 Å². The third kappa shape index (κ3) is 3.75. The van der Waals surface area contributed by atoms with Gasteiger partial charge in [-0.05, 0) is 43.0 Å². The first kappa shape index (κ1) is 18.5. The highest BCUT2D eigenvalue weighted by atomic mass is 16.5. The van der Waals surface area contributed by atoms with Crippen molar-refractivity contribution in [2.45, 2.75) is 19.5 Å². The van der Waals surface area contributed by atoms with Crippen molar-refractivity contribution < 1.29 is 9.84 Å². The van der Waals surface area contributed by atoms with Gasteiger partial charge in [0.05, 0.1) is 6.61 Å². The molecule has 2 aliphatic rings. The fourth-order valence-corrected chi connectivity index (χ4v) is 5.04. The van der Waals surface area contributed by atoms with Gasteiger partial charge < -0.3 is 9.84 Å². The molecule has 0 aromatic heterocycles. The highest BCUT2D eigenvalue weighted by Crippen LogP contribution is 2.45. The average Bonchev–Trinajstić information content (AvgIpc) is 3.17. The second kappa shape index (κ2) is 8.01. The Balaban J connectivity index is 1.49. The van der Waals surface area contributed by atoms with E-state index in [-0.39, 0.29) is 6.61 Å². The molecule has 2 saturated heterocycles. The van der Waals surface area contributed by atoms with Gasteiger partial charge in [0.15, 0.2) is 0 Å². The minimum absolute atomic E-state index is 0.0483. The number of aliphatic hydroxyl groups is 1. The van der Waals surface area contributed by atoms with Gasteiger partial charge in [-0.2, -0.15) is 0 Å². The van der Waals surface area contributed by atoms with Crippen LogP contribution in [-0.2, 0) is 6.54 Å². The molecule has 0 unspecified atom stereocenters. The van der Waals surface area contributed by atoms with Gasteiger partial charge in [0.25, 0.3) is 0 Å². The van der Waals surface area contributed by atoms with Crippen molar-refractivity contribution >= 4 is 0 Å². The summed E-state index contributed by atoms with van der Waals surface area (Å²) in [6, 6.07) is 17.6. The molecule has 2 aliphatic heterocycles. The Kier molecular flexibility index (Phi) is 5.48. The molecule has 4 rings (SSSR count). The molecular weight excluding hydrogens is 336 g/mol. The summed E-state index contributed by atoms with van der Waals surface area (Å²) >= 11 is 0. The number of para-hydroxylation sites is 1. The molecule has 0 radical (unpaired) electrons. The van der Waals surface area contributed by atoms with Crippen LogP contribution in [-0.4, -0.2) is 54.8 Å². The summed E-state index contributed by atoms with van der Waals surface area (Å²) in [5.41, 5.74) is 4.10. The number of ether oxygens (including phenoxy) is 1. The Hall–Kier alpha value is -1.88. The Morgan fingerprint density at radius 1 is 1.04 bits per heavy atom. The largest absolute Gasteiger partial charge is 0.491 e. The molecular formula is C23H30N2O2. The molecule has 2 heterocycles. The van der Waals surface area contributed by atoms with E-state index in [0.29, 0.717) is 18.6 Å². The van der Waals surface area contributed by atoms with Crippen LogP contribution >= 0.6 is 0 Å². The molecule has 2 aromatic rings. The maximum Gasteiger partial charge on any atom is 0.123 e. The summed E-state index contributed by atoms with van der Waals surface area (Å²) in [6.07, 6.45) is 0. The lowest BCUT2D eigenvalue weighted by Gasteiger charge is -2.28. The van der Waals surface area contributed by atoms with Crippen molar-refractivity contribution in [1.82, 2.24) is 9.80 Å². The molecule has 1 N–H and O–H groups in total. The summed E-state index contributed by atoms with van der Waals surface area (Å²) in [5, 5.41) is 9.06. The summed E-state index contributed by atoms with van der Waals surface area (Å²) in [4.78, 5) is 5.13. The third-order valence-corrected chi connectivity index (χ3v) is 6.19. The molecule has 0 spiro atoms. The van der Waals surface area contributed by atoms with Crippen LogP contribution < -0.4 is 4.74 Å². The van der Waals surface area contributed by atoms with Crippen molar-refractivity contribution in [3.05, 3.63) is 65.2 Å². The fraction of sp³-hybridized carbons (Fsp3) is 0.478. The van der Waals surface area contributed by atoms with Crippen molar-refractivity contribution in [2.24, 2.45) is 11.8 Å². The molecule has 4 heteroatoms. The van der Waals surface area contributed by atoms with Crippen molar-refractivity contribution in [1.29, 1.82) is 0 Å². The minimum Gasteiger partial charge on any atom is -0.491 e. The van der Waals surface area contributed by atoms with E-state index in [1.165, 1.54) is 23.2 Å². The standard InChI is InChI=1S/C23H30N2O2/c1-17-7-3-5-9-20(17)23-21-16-25(15-19(21)13-24(23)2)14-18-8-4-6-10-22(18)27-12-11-26/h3-10,19,21,23,26H,11-16H2,1-2H3/t19-,21+,23-/m0/s1. The molecule has 3 atom stereocenters. The van der Waals surface area contributed by atoms with Crippen LogP contribution in [0.15, 0.2) is 48.5 Å². The first-order valence-corrected chi connectivity index (χ1v) is 9.97. The molecule has 27 heavy (non-hydrogen) atoms. The number of hydrogen-bond donors (Lipinski definition) is 1. The van der Waals surface area contributed by atoms with E-state index in [9.17, 15) is 0 Å². The highest BCUT2D eigenvalue weighted by molar-refractivity contribution is 5.34. The molecule has 2 aromatic carbocycles. The molecule has 2 fully saturated rings.